The fraction of sp³-hybridized carbons (Fsp3) is 0.629. The predicted octanol–water partition coefficient (Wildman–Crippen LogP) is 20.3. The van der Waals surface area contributed by atoms with E-state index in [2.05, 4.69) is 160 Å². The number of allylic oxidation sites excluding steroid dienone is 24. The SMILES string of the molecule is CC/C=C\C/C=C\C/C=C\C/C=C\C/C=C\C/C=C\C/C=C\C/C=C\C/C=C\C/C=C\CCCCCCCCCCCCC(=O)OC(COC(=O)CCCCCCC/C=C\C/C=C\CCCCC)COP(=O)(O)OCC[N+](C)(C)C. The molecular weight excluding hydrogens is 1010 g/mol. The zero-order chi connectivity index (χ0) is 58.4. The Hall–Kier alpha value is -4.11. The molecule has 0 aliphatic heterocycles. The van der Waals surface area contributed by atoms with Crippen LogP contribution < -0.4 is 0 Å². The lowest BCUT2D eigenvalue weighted by atomic mass is 10.0. The molecule has 0 heterocycles. The average molecular weight is 1130 g/mol. The minimum Gasteiger partial charge on any atom is -0.462 e. The van der Waals surface area contributed by atoms with Gasteiger partial charge < -0.3 is 18.9 Å². The number of rotatable bonds is 56. The monoisotopic (exact) mass is 1130 g/mol. The van der Waals surface area contributed by atoms with Gasteiger partial charge in [-0.05, 0) is 122 Å². The number of likely N-dealkylation sites (N-methyl/N-ethyl adjacent to an activating group) is 1. The number of hydrogen-bond acceptors (Lipinski definition) is 7. The number of ether oxygens (including phenoxy) is 2. The van der Waals surface area contributed by atoms with E-state index in [0.29, 0.717) is 23.9 Å². The van der Waals surface area contributed by atoms with Crippen LogP contribution in [0.25, 0.3) is 0 Å². The van der Waals surface area contributed by atoms with Gasteiger partial charge in [0, 0.05) is 12.8 Å². The molecule has 10 heteroatoms. The number of carbonyl (C=O) groups is 2. The van der Waals surface area contributed by atoms with Crippen LogP contribution in [0.3, 0.4) is 0 Å². The molecule has 0 rings (SSSR count). The summed E-state index contributed by atoms with van der Waals surface area (Å²) in [7, 11) is 1.45. The standard InChI is InChI=1S/C70H116NO8P/c1-6-8-10-12-14-16-18-20-22-23-24-25-26-27-28-29-30-31-32-33-34-35-36-37-38-39-40-41-42-43-44-45-46-47-49-51-53-55-57-59-61-63-70(73)79-68(67-78-80(74,75)77-65-64-71(3,4)5)66-76-69(72)62-60-58-56-54-52-50-48-21-19-17-15-13-11-9-7-2/h8,10,14-17,20-22,24-25,27-28,30-31,33-34,36-37,39-40,42-43,48,68H,6-7,9,11-13,18-19,23,26,29,32,35,38,41,44-47,49-67H2,1-5H3/p+1/b10-8-,16-14-,17-15-,22-20-,25-24-,28-27-,31-30-,34-33-,37-36-,40-39-,43-42-,48-21-. The Morgan fingerprint density at radius 3 is 1.06 bits per heavy atom. The highest BCUT2D eigenvalue weighted by atomic mass is 31.2. The number of unbranched alkanes of at least 4 members (excludes halogenated alkanes) is 18. The number of phosphoric acid groups is 1. The second-order valence-corrected chi connectivity index (χ2v) is 23.2. The normalized spacial score (nSPS) is 14.2. The van der Waals surface area contributed by atoms with E-state index in [4.69, 9.17) is 18.5 Å². The van der Waals surface area contributed by atoms with Crippen LogP contribution in [0.15, 0.2) is 146 Å². The van der Waals surface area contributed by atoms with E-state index in [1.807, 2.05) is 21.1 Å². The fourth-order valence-electron chi connectivity index (χ4n) is 8.01. The Labute approximate surface area is 491 Å². The van der Waals surface area contributed by atoms with Crippen molar-refractivity contribution in [2.24, 2.45) is 0 Å². The molecule has 0 bridgehead atoms. The summed E-state index contributed by atoms with van der Waals surface area (Å²) in [5.74, 6) is -0.826. The van der Waals surface area contributed by atoms with E-state index in [9.17, 15) is 19.0 Å². The first-order chi connectivity index (χ1) is 39.0. The number of esters is 2. The number of hydrogen-bond donors (Lipinski definition) is 1. The largest absolute Gasteiger partial charge is 0.472 e. The van der Waals surface area contributed by atoms with Gasteiger partial charge in [0.1, 0.15) is 19.8 Å². The quantitative estimate of drug-likeness (QED) is 0.0211. The van der Waals surface area contributed by atoms with Crippen LogP contribution in [0.5, 0.6) is 0 Å². The fourth-order valence-corrected chi connectivity index (χ4v) is 8.76. The van der Waals surface area contributed by atoms with Crippen molar-refractivity contribution in [3.05, 3.63) is 146 Å². The molecule has 0 aromatic heterocycles. The van der Waals surface area contributed by atoms with Crippen molar-refractivity contribution in [3.63, 3.8) is 0 Å². The van der Waals surface area contributed by atoms with E-state index in [1.165, 1.54) is 64.2 Å². The molecule has 80 heavy (non-hydrogen) atoms. The molecule has 1 N–H and O–H groups in total. The van der Waals surface area contributed by atoms with Gasteiger partial charge in [-0.3, -0.25) is 18.6 Å². The van der Waals surface area contributed by atoms with Crippen molar-refractivity contribution >= 4 is 19.8 Å². The summed E-state index contributed by atoms with van der Waals surface area (Å²) in [4.78, 5) is 35.7. The number of phosphoric ester groups is 1. The molecule has 2 unspecified atom stereocenters. The van der Waals surface area contributed by atoms with Crippen molar-refractivity contribution < 1.29 is 42.1 Å². The first-order valence-electron chi connectivity index (χ1n) is 31.6. The second kappa shape index (κ2) is 59.5. The van der Waals surface area contributed by atoms with E-state index in [1.54, 1.807) is 0 Å². The first kappa shape index (κ1) is 75.9. The van der Waals surface area contributed by atoms with Crippen LogP contribution in [0.4, 0.5) is 0 Å². The maximum atomic E-state index is 12.8. The molecule has 2 atom stereocenters. The maximum absolute atomic E-state index is 12.8. The van der Waals surface area contributed by atoms with Gasteiger partial charge in [0.15, 0.2) is 6.10 Å². The maximum Gasteiger partial charge on any atom is 0.472 e. The molecule has 0 spiro atoms. The van der Waals surface area contributed by atoms with Crippen molar-refractivity contribution in [2.75, 3.05) is 47.5 Å². The van der Waals surface area contributed by atoms with Crippen LogP contribution in [0.1, 0.15) is 232 Å². The third-order valence-corrected chi connectivity index (χ3v) is 13.8. The lowest BCUT2D eigenvalue weighted by Gasteiger charge is -2.24. The third-order valence-electron chi connectivity index (χ3n) is 12.9. The summed E-state index contributed by atoms with van der Waals surface area (Å²) >= 11 is 0. The smallest absolute Gasteiger partial charge is 0.462 e. The third kappa shape index (κ3) is 63.1. The van der Waals surface area contributed by atoms with Crippen LogP contribution >= 0.6 is 7.82 Å². The Morgan fingerprint density at radius 1 is 0.400 bits per heavy atom. The number of nitrogens with zero attached hydrogens (tertiary/aromatic N) is 1. The van der Waals surface area contributed by atoms with Gasteiger partial charge in [-0.15, -0.1) is 0 Å². The summed E-state index contributed by atoms with van der Waals surface area (Å²) in [5, 5.41) is 0. The van der Waals surface area contributed by atoms with Gasteiger partial charge >= 0.3 is 19.8 Å². The zero-order valence-corrected chi connectivity index (χ0v) is 52.4. The highest BCUT2D eigenvalue weighted by Gasteiger charge is 2.27. The Kier molecular flexibility index (Phi) is 56.5. The minimum atomic E-state index is -4.40. The second-order valence-electron chi connectivity index (χ2n) is 21.7. The van der Waals surface area contributed by atoms with Crippen LogP contribution in [-0.4, -0.2) is 74.9 Å². The van der Waals surface area contributed by atoms with Gasteiger partial charge in [-0.1, -0.05) is 243 Å². The highest BCUT2D eigenvalue weighted by Crippen LogP contribution is 2.43. The predicted molar refractivity (Wildman–Crippen MR) is 343 cm³/mol. The molecule has 0 fully saturated rings. The van der Waals surface area contributed by atoms with E-state index in [0.717, 1.165) is 128 Å². The van der Waals surface area contributed by atoms with Gasteiger partial charge in [-0.2, -0.15) is 0 Å². The first-order valence-corrected chi connectivity index (χ1v) is 33.1. The van der Waals surface area contributed by atoms with Crippen molar-refractivity contribution in [2.45, 2.75) is 238 Å². The average Bonchev–Trinajstić information content (AvgIpc) is 3.42. The molecule has 0 radical (unpaired) electrons. The Balaban J connectivity index is 4.10. The number of quaternary nitrogens is 1. The lowest BCUT2D eigenvalue weighted by Crippen LogP contribution is -2.37. The van der Waals surface area contributed by atoms with Gasteiger partial charge in [0.05, 0.1) is 27.7 Å². The van der Waals surface area contributed by atoms with Crippen molar-refractivity contribution in [3.8, 4) is 0 Å². The zero-order valence-electron chi connectivity index (χ0n) is 51.5. The molecular formula is C70H117NO8P+. The summed E-state index contributed by atoms with van der Waals surface area (Å²) in [6.45, 7) is 4.25. The molecule has 0 aliphatic carbocycles. The van der Waals surface area contributed by atoms with Gasteiger partial charge in [0.25, 0.3) is 0 Å². The molecule has 9 nitrogen and oxygen atoms in total. The summed E-state index contributed by atoms with van der Waals surface area (Å²) in [6, 6.07) is 0. The van der Waals surface area contributed by atoms with E-state index >= 15 is 0 Å². The Bertz CT molecular complexity index is 1860. The summed E-state index contributed by atoms with van der Waals surface area (Å²) in [5.41, 5.74) is 0. The summed E-state index contributed by atoms with van der Waals surface area (Å²) < 4.78 is 34.5. The van der Waals surface area contributed by atoms with Gasteiger partial charge in [0.2, 0.25) is 0 Å². The summed E-state index contributed by atoms with van der Waals surface area (Å²) in [6.07, 6.45) is 87.9. The van der Waals surface area contributed by atoms with Crippen LogP contribution in [0, 0.1) is 0 Å². The molecule has 0 saturated heterocycles. The van der Waals surface area contributed by atoms with Crippen LogP contribution in [0.2, 0.25) is 0 Å². The minimum absolute atomic E-state index is 0.0218. The molecule has 0 aromatic rings. The molecule has 0 saturated carbocycles. The highest BCUT2D eigenvalue weighted by molar-refractivity contribution is 7.47. The van der Waals surface area contributed by atoms with Crippen molar-refractivity contribution in [1.82, 2.24) is 0 Å². The van der Waals surface area contributed by atoms with Gasteiger partial charge in [-0.25, -0.2) is 4.57 Å². The molecule has 0 aromatic carbocycles. The molecule has 0 aliphatic rings. The van der Waals surface area contributed by atoms with E-state index in [-0.39, 0.29) is 32.0 Å². The number of carbonyl (C=O) groups excluding carboxylic acids is 2. The van der Waals surface area contributed by atoms with Crippen LogP contribution in [-0.2, 0) is 32.7 Å². The molecule has 454 valence electrons. The van der Waals surface area contributed by atoms with E-state index < -0.39 is 26.5 Å². The van der Waals surface area contributed by atoms with Crippen molar-refractivity contribution in [1.29, 1.82) is 0 Å². The topological polar surface area (TPSA) is 108 Å². The molecule has 0 amide bonds. The lowest BCUT2D eigenvalue weighted by molar-refractivity contribution is -0.870. The Morgan fingerprint density at radius 2 is 0.713 bits per heavy atom.